The summed E-state index contributed by atoms with van der Waals surface area (Å²) >= 11 is 3.42. The minimum Gasteiger partial charge on any atom is -0.265 e. The summed E-state index contributed by atoms with van der Waals surface area (Å²) in [5.74, 6) is 0.259. The Bertz CT molecular complexity index is 1070. The van der Waals surface area contributed by atoms with E-state index in [1.165, 1.54) is 5.01 Å². The Morgan fingerprint density at radius 1 is 0.821 bits per heavy atom. The van der Waals surface area contributed by atoms with Crippen LogP contribution in [0.1, 0.15) is 16.7 Å². The van der Waals surface area contributed by atoms with Crippen molar-refractivity contribution in [1.29, 1.82) is 0 Å². The van der Waals surface area contributed by atoms with Gasteiger partial charge in [-0.05, 0) is 29.3 Å². The zero-order valence-electron chi connectivity index (χ0n) is 14.9. The number of hydrazone groups is 1. The number of amidine groups is 1. The average Bonchev–Trinajstić information content (AvgIpc) is 3.05. The molecule has 0 radical (unpaired) electrons. The van der Waals surface area contributed by atoms with Gasteiger partial charge in [0.1, 0.15) is 5.70 Å². The molecular weight excluding hydrogens is 414 g/mol. The van der Waals surface area contributed by atoms with Crippen LogP contribution in [-0.2, 0) is 4.79 Å². The number of nitrogens with zero attached hydrogens (tertiary/aromatic N) is 3. The second-order valence-corrected chi connectivity index (χ2v) is 7.07. The fourth-order valence-electron chi connectivity index (χ4n) is 2.77. The van der Waals surface area contributed by atoms with Crippen molar-refractivity contribution in [2.45, 2.75) is 0 Å². The van der Waals surface area contributed by atoms with Crippen molar-refractivity contribution < 1.29 is 4.79 Å². The minimum atomic E-state index is -0.256. The molecule has 28 heavy (non-hydrogen) atoms. The van der Waals surface area contributed by atoms with Gasteiger partial charge in [0.2, 0.25) is 0 Å². The maximum atomic E-state index is 13.0. The molecule has 0 saturated heterocycles. The van der Waals surface area contributed by atoms with Crippen molar-refractivity contribution in [2.75, 3.05) is 0 Å². The highest BCUT2D eigenvalue weighted by Gasteiger charge is 2.31. The molecule has 4 nitrogen and oxygen atoms in total. The smallest absolute Gasteiger partial charge is 0.265 e. The SMILES string of the molecule is O=C1/C(=C\c2ccc(Br)cc2)N=C(c2ccccc2)N1/N=C/c1ccccc1. The lowest BCUT2D eigenvalue weighted by Gasteiger charge is -2.11. The molecular formula is C23H16BrN3O. The monoisotopic (exact) mass is 429 g/mol. The maximum absolute atomic E-state index is 13.0. The second-order valence-electron chi connectivity index (χ2n) is 6.15. The van der Waals surface area contributed by atoms with Crippen LogP contribution < -0.4 is 0 Å². The molecule has 136 valence electrons. The fourth-order valence-corrected chi connectivity index (χ4v) is 3.03. The fraction of sp³-hybridized carbons (Fsp3) is 0. The van der Waals surface area contributed by atoms with Gasteiger partial charge in [-0.25, -0.2) is 4.99 Å². The highest BCUT2D eigenvalue weighted by molar-refractivity contribution is 9.10. The molecule has 0 spiro atoms. The lowest BCUT2D eigenvalue weighted by molar-refractivity contribution is -0.122. The predicted molar refractivity (Wildman–Crippen MR) is 116 cm³/mol. The summed E-state index contributed by atoms with van der Waals surface area (Å²) in [6.07, 6.45) is 3.44. The van der Waals surface area contributed by atoms with Crippen LogP contribution in [0.2, 0.25) is 0 Å². The molecule has 0 aliphatic carbocycles. The number of amides is 1. The third-order valence-electron chi connectivity index (χ3n) is 4.17. The van der Waals surface area contributed by atoms with Gasteiger partial charge in [0.05, 0.1) is 6.21 Å². The first-order valence-electron chi connectivity index (χ1n) is 8.75. The van der Waals surface area contributed by atoms with E-state index in [0.717, 1.165) is 21.2 Å². The van der Waals surface area contributed by atoms with E-state index in [9.17, 15) is 4.79 Å². The largest absolute Gasteiger partial charge is 0.298 e. The van der Waals surface area contributed by atoms with Gasteiger partial charge in [-0.2, -0.15) is 10.1 Å². The summed E-state index contributed by atoms with van der Waals surface area (Å²) < 4.78 is 0.981. The van der Waals surface area contributed by atoms with Gasteiger partial charge in [0, 0.05) is 10.0 Å². The van der Waals surface area contributed by atoms with Gasteiger partial charge < -0.3 is 0 Å². The van der Waals surface area contributed by atoms with Gasteiger partial charge in [-0.15, -0.1) is 0 Å². The molecule has 0 bridgehead atoms. The molecule has 1 amide bonds. The first-order chi connectivity index (χ1) is 13.7. The molecule has 3 aromatic rings. The Labute approximate surface area is 171 Å². The van der Waals surface area contributed by atoms with Crippen molar-refractivity contribution in [3.05, 3.63) is 112 Å². The molecule has 0 fully saturated rings. The van der Waals surface area contributed by atoms with E-state index >= 15 is 0 Å². The van der Waals surface area contributed by atoms with E-state index in [2.05, 4.69) is 26.0 Å². The average molecular weight is 430 g/mol. The summed E-state index contributed by atoms with van der Waals surface area (Å²) in [5.41, 5.74) is 3.00. The standard InChI is InChI=1S/C23H16BrN3O/c24-20-13-11-17(12-14-20)15-21-23(28)27(25-16-18-7-3-1-4-8-18)22(26-21)19-9-5-2-6-10-19/h1-16H/b21-15+,25-16+. The highest BCUT2D eigenvalue weighted by atomic mass is 79.9. The van der Waals surface area contributed by atoms with Gasteiger partial charge in [0.15, 0.2) is 5.84 Å². The zero-order valence-corrected chi connectivity index (χ0v) is 16.5. The van der Waals surface area contributed by atoms with E-state index in [1.54, 1.807) is 12.3 Å². The molecule has 0 atom stereocenters. The molecule has 1 aliphatic rings. The highest BCUT2D eigenvalue weighted by Crippen LogP contribution is 2.23. The molecule has 4 rings (SSSR count). The zero-order chi connectivity index (χ0) is 19.3. The molecule has 1 aliphatic heterocycles. The van der Waals surface area contributed by atoms with Crippen LogP contribution in [0, 0.1) is 0 Å². The molecule has 1 heterocycles. The van der Waals surface area contributed by atoms with Gasteiger partial charge >= 0.3 is 0 Å². The minimum absolute atomic E-state index is 0.256. The van der Waals surface area contributed by atoms with Crippen LogP contribution in [0.15, 0.2) is 105 Å². The predicted octanol–water partition coefficient (Wildman–Crippen LogP) is 5.11. The van der Waals surface area contributed by atoms with Crippen LogP contribution in [0.3, 0.4) is 0 Å². The van der Waals surface area contributed by atoms with Crippen molar-refractivity contribution in [1.82, 2.24) is 5.01 Å². The third kappa shape index (κ3) is 4.00. The number of benzene rings is 3. The Kier molecular flexibility index (Phi) is 5.26. The number of carbonyl (C=O) groups excluding carboxylic acids is 1. The number of aliphatic imine (C=N–C) groups is 1. The van der Waals surface area contributed by atoms with Crippen molar-refractivity contribution in [3.63, 3.8) is 0 Å². The van der Waals surface area contributed by atoms with Gasteiger partial charge in [0.25, 0.3) is 5.91 Å². The number of rotatable bonds is 4. The van der Waals surface area contributed by atoms with E-state index < -0.39 is 0 Å². The topological polar surface area (TPSA) is 45.0 Å². The van der Waals surface area contributed by atoms with Crippen molar-refractivity contribution in [3.8, 4) is 0 Å². The molecule has 5 heteroatoms. The van der Waals surface area contributed by atoms with Crippen LogP contribution in [-0.4, -0.2) is 23.0 Å². The number of hydrogen-bond acceptors (Lipinski definition) is 3. The second kappa shape index (κ2) is 8.15. The summed E-state index contributed by atoms with van der Waals surface area (Å²) in [6.45, 7) is 0. The van der Waals surface area contributed by atoms with Gasteiger partial charge in [-0.1, -0.05) is 88.7 Å². The third-order valence-corrected chi connectivity index (χ3v) is 4.69. The summed E-state index contributed by atoms with van der Waals surface area (Å²) in [6, 6.07) is 27.0. The maximum Gasteiger partial charge on any atom is 0.298 e. The molecule has 0 aromatic heterocycles. The van der Waals surface area contributed by atoms with Crippen molar-refractivity contribution in [2.24, 2.45) is 10.1 Å². The molecule has 0 N–H and O–H groups in total. The molecule has 3 aromatic carbocycles. The van der Waals surface area contributed by atoms with Crippen LogP contribution in [0.5, 0.6) is 0 Å². The summed E-state index contributed by atoms with van der Waals surface area (Å²) in [4.78, 5) is 17.6. The lowest BCUT2D eigenvalue weighted by Crippen LogP contribution is -2.27. The normalized spacial score (nSPS) is 15.5. The Hall–Kier alpha value is -3.31. The Balaban J connectivity index is 1.72. The quantitative estimate of drug-likeness (QED) is 0.419. The molecule has 0 unspecified atom stereocenters. The van der Waals surface area contributed by atoms with Crippen LogP contribution in [0.25, 0.3) is 6.08 Å². The number of halogens is 1. The van der Waals surface area contributed by atoms with E-state index in [4.69, 9.17) is 0 Å². The Morgan fingerprint density at radius 3 is 2.14 bits per heavy atom. The van der Waals surface area contributed by atoms with E-state index in [0.29, 0.717) is 11.5 Å². The van der Waals surface area contributed by atoms with Gasteiger partial charge in [-0.3, -0.25) is 4.79 Å². The number of carbonyl (C=O) groups is 1. The first kappa shape index (κ1) is 18.1. The summed E-state index contributed by atoms with van der Waals surface area (Å²) in [5, 5.41) is 5.77. The van der Waals surface area contributed by atoms with Crippen molar-refractivity contribution >= 4 is 40.0 Å². The number of hydrogen-bond donors (Lipinski definition) is 0. The summed E-state index contributed by atoms with van der Waals surface area (Å²) in [7, 11) is 0. The lowest BCUT2D eigenvalue weighted by atomic mass is 10.2. The van der Waals surface area contributed by atoms with Crippen LogP contribution >= 0.6 is 15.9 Å². The first-order valence-corrected chi connectivity index (χ1v) is 9.55. The molecule has 0 saturated carbocycles. The van der Waals surface area contributed by atoms with E-state index in [1.807, 2.05) is 84.9 Å². The Morgan fingerprint density at radius 2 is 1.46 bits per heavy atom. The van der Waals surface area contributed by atoms with Crippen LogP contribution in [0.4, 0.5) is 0 Å². The van der Waals surface area contributed by atoms with E-state index in [-0.39, 0.29) is 5.91 Å².